The number of benzene rings is 1. The van der Waals surface area contributed by atoms with E-state index in [-0.39, 0.29) is 17.9 Å². The lowest BCUT2D eigenvalue weighted by Gasteiger charge is -2.27. The van der Waals surface area contributed by atoms with Gasteiger partial charge in [-0.05, 0) is 12.0 Å². The molecule has 0 saturated heterocycles. The fraction of sp³-hybridized carbons (Fsp3) is 0.263. The number of nitrogens with one attached hydrogen (secondary N) is 1. The number of carbonyl (C=O) groups excluding carboxylic acids is 1. The van der Waals surface area contributed by atoms with Crippen LogP contribution in [0.2, 0.25) is 0 Å². The molecule has 3 heterocycles. The van der Waals surface area contributed by atoms with Crippen LogP contribution in [0.15, 0.2) is 29.6 Å². The molecule has 1 unspecified atom stereocenters. The van der Waals surface area contributed by atoms with E-state index in [9.17, 15) is 4.79 Å². The number of anilines is 1. The molecule has 4 rings (SSSR count). The number of aryl methyl sites for hydroxylation is 1. The zero-order valence-corrected chi connectivity index (χ0v) is 15.8. The fourth-order valence-electron chi connectivity index (χ4n) is 3.42. The smallest absolute Gasteiger partial charge is 0.273 e. The summed E-state index contributed by atoms with van der Waals surface area (Å²) in [7, 11) is 1.60. The van der Waals surface area contributed by atoms with Gasteiger partial charge in [0.05, 0.1) is 35.8 Å². The van der Waals surface area contributed by atoms with Crippen molar-refractivity contribution < 1.29 is 9.53 Å². The molecule has 0 aliphatic carbocycles. The van der Waals surface area contributed by atoms with Crippen molar-refractivity contribution in [1.82, 2.24) is 20.3 Å². The van der Waals surface area contributed by atoms with Crippen molar-refractivity contribution in [2.45, 2.75) is 25.8 Å². The van der Waals surface area contributed by atoms with Gasteiger partial charge in [0.2, 0.25) is 5.95 Å². The lowest BCUT2D eigenvalue weighted by atomic mass is 9.90. The normalized spacial score (nSPS) is 15.9. The summed E-state index contributed by atoms with van der Waals surface area (Å²) in [5.41, 5.74) is 10.6. The summed E-state index contributed by atoms with van der Waals surface area (Å²) in [4.78, 5) is 25.8. The van der Waals surface area contributed by atoms with E-state index in [1.165, 1.54) is 11.3 Å². The van der Waals surface area contributed by atoms with E-state index in [4.69, 9.17) is 10.5 Å². The Morgan fingerprint density at radius 2 is 2.11 bits per heavy atom. The molecule has 0 radical (unpaired) electrons. The van der Waals surface area contributed by atoms with E-state index in [0.717, 1.165) is 16.8 Å². The number of nitrogen functional groups attached to an aromatic ring is 1. The number of nitrogens with two attached hydrogens (primary N) is 1. The number of rotatable bonds is 4. The molecule has 8 heteroatoms. The number of nitrogens with zero attached hydrogens (tertiary/aromatic N) is 3. The molecular formula is C19H19N5O2S. The van der Waals surface area contributed by atoms with Gasteiger partial charge in [-0.1, -0.05) is 42.5 Å². The summed E-state index contributed by atoms with van der Waals surface area (Å²) in [5.74, 6) is 0.0420. The van der Waals surface area contributed by atoms with Gasteiger partial charge in [0, 0.05) is 17.4 Å². The first-order valence-electron chi connectivity index (χ1n) is 8.65. The van der Waals surface area contributed by atoms with Crippen LogP contribution in [-0.2, 0) is 12.8 Å². The maximum absolute atomic E-state index is 12.8. The number of amides is 1. The van der Waals surface area contributed by atoms with Crippen LogP contribution in [0.25, 0.3) is 11.3 Å². The van der Waals surface area contributed by atoms with Crippen LogP contribution >= 0.6 is 11.3 Å². The Kier molecular flexibility index (Phi) is 4.49. The van der Waals surface area contributed by atoms with Gasteiger partial charge in [-0.3, -0.25) is 4.79 Å². The highest BCUT2D eigenvalue weighted by molar-refractivity contribution is 7.11. The molecule has 27 heavy (non-hydrogen) atoms. The van der Waals surface area contributed by atoms with Gasteiger partial charge in [0.15, 0.2) is 0 Å². The number of hydrogen-bond donors (Lipinski definition) is 2. The lowest BCUT2D eigenvalue weighted by molar-refractivity contribution is 0.0922. The predicted octanol–water partition coefficient (Wildman–Crippen LogP) is 2.78. The van der Waals surface area contributed by atoms with Crippen molar-refractivity contribution in [2.75, 3.05) is 12.8 Å². The van der Waals surface area contributed by atoms with Gasteiger partial charge in [-0.15, -0.1) is 0 Å². The SMILES string of the molecule is CCc1nc(N)nc2c1C(=O)NC(c1ccccc1-c1csc(OC)n1)C2. The quantitative estimate of drug-likeness (QED) is 0.720. The second-order valence-corrected chi connectivity index (χ2v) is 7.04. The molecule has 3 aromatic rings. The average Bonchev–Trinajstić information content (AvgIpc) is 3.16. The van der Waals surface area contributed by atoms with Gasteiger partial charge in [-0.25, -0.2) is 15.0 Å². The van der Waals surface area contributed by atoms with Crippen LogP contribution in [0.3, 0.4) is 0 Å². The zero-order chi connectivity index (χ0) is 19.0. The Morgan fingerprint density at radius 1 is 1.30 bits per heavy atom. The summed E-state index contributed by atoms with van der Waals surface area (Å²) in [6.45, 7) is 1.95. The molecule has 7 nitrogen and oxygen atoms in total. The molecule has 1 amide bonds. The number of carbonyl (C=O) groups is 1. The number of aromatic nitrogens is 3. The minimum Gasteiger partial charge on any atom is -0.473 e. The van der Waals surface area contributed by atoms with Gasteiger partial charge in [0.1, 0.15) is 0 Å². The van der Waals surface area contributed by atoms with E-state index < -0.39 is 0 Å². The van der Waals surface area contributed by atoms with Crippen molar-refractivity contribution in [3.05, 3.63) is 52.2 Å². The van der Waals surface area contributed by atoms with E-state index >= 15 is 0 Å². The van der Waals surface area contributed by atoms with Crippen molar-refractivity contribution >= 4 is 23.2 Å². The van der Waals surface area contributed by atoms with Crippen LogP contribution in [0.5, 0.6) is 5.19 Å². The predicted molar refractivity (Wildman–Crippen MR) is 104 cm³/mol. The standard InChI is InChI=1S/C19H19N5O2S/c1-3-12-16-14(23-18(20)22-12)8-13(21-17(16)25)10-6-4-5-7-11(10)15-9-27-19(24-15)26-2/h4-7,9,13H,3,8H2,1-2H3,(H,21,25)(H2,20,22,23). The maximum Gasteiger partial charge on any atom is 0.273 e. The third-order valence-corrected chi connectivity index (χ3v) is 5.41. The van der Waals surface area contributed by atoms with Gasteiger partial charge in [0.25, 0.3) is 11.1 Å². The van der Waals surface area contributed by atoms with Crippen LogP contribution < -0.4 is 15.8 Å². The van der Waals surface area contributed by atoms with E-state index in [1.807, 2.05) is 36.6 Å². The molecule has 1 aromatic carbocycles. The average molecular weight is 381 g/mol. The molecule has 0 bridgehead atoms. The molecule has 0 saturated carbocycles. The molecule has 0 fully saturated rings. The minimum absolute atomic E-state index is 0.163. The van der Waals surface area contributed by atoms with Gasteiger partial charge in [-0.2, -0.15) is 0 Å². The van der Waals surface area contributed by atoms with Crippen LogP contribution in [-0.4, -0.2) is 28.0 Å². The third-order valence-electron chi connectivity index (χ3n) is 4.61. The summed E-state index contributed by atoms with van der Waals surface area (Å²) in [6.07, 6.45) is 1.18. The second kappa shape index (κ2) is 6.96. The van der Waals surface area contributed by atoms with Crippen LogP contribution in [0.1, 0.15) is 40.3 Å². The molecule has 1 aliphatic rings. The number of fused-ring (bicyclic) bond motifs is 1. The Labute approximate surface area is 160 Å². The van der Waals surface area contributed by atoms with E-state index in [2.05, 4.69) is 20.3 Å². The highest BCUT2D eigenvalue weighted by Crippen LogP contribution is 2.35. The lowest BCUT2D eigenvalue weighted by Crippen LogP contribution is -2.37. The molecule has 1 aliphatic heterocycles. The number of hydrogen-bond acceptors (Lipinski definition) is 7. The Balaban J connectivity index is 1.76. The number of ether oxygens (including phenoxy) is 1. The highest BCUT2D eigenvalue weighted by Gasteiger charge is 2.31. The number of thiazole rings is 1. The zero-order valence-electron chi connectivity index (χ0n) is 15.0. The monoisotopic (exact) mass is 381 g/mol. The van der Waals surface area contributed by atoms with Crippen molar-refractivity contribution in [1.29, 1.82) is 0 Å². The summed E-state index contributed by atoms with van der Waals surface area (Å²) >= 11 is 1.44. The van der Waals surface area contributed by atoms with Crippen LogP contribution in [0, 0.1) is 0 Å². The summed E-state index contributed by atoms with van der Waals surface area (Å²) < 4.78 is 5.21. The minimum atomic E-state index is -0.215. The molecule has 138 valence electrons. The van der Waals surface area contributed by atoms with Gasteiger partial charge < -0.3 is 15.8 Å². The maximum atomic E-state index is 12.8. The Morgan fingerprint density at radius 3 is 2.85 bits per heavy atom. The van der Waals surface area contributed by atoms with E-state index in [0.29, 0.717) is 35.0 Å². The van der Waals surface area contributed by atoms with Crippen molar-refractivity contribution in [2.24, 2.45) is 0 Å². The molecule has 3 N–H and O–H groups in total. The first-order valence-corrected chi connectivity index (χ1v) is 9.53. The Bertz CT molecular complexity index is 1020. The van der Waals surface area contributed by atoms with Crippen molar-refractivity contribution in [3.63, 3.8) is 0 Å². The first kappa shape index (κ1) is 17.4. The van der Waals surface area contributed by atoms with Crippen LogP contribution in [0.4, 0.5) is 5.95 Å². The molecule has 0 spiro atoms. The highest BCUT2D eigenvalue weighted by atomic mass is 32.1. The first-order chi connectivity index (χ1) is 13.1. The Hall–Kier alpha value is -3.00. The molecule has 1 atom stereocenters. The van der Waals surface area contributed by atoms with Crippen molar-refractivity contribution in [3.8, 4) is 16.5 Å². The second-order valence-electron chi connectivity index (χ2n) is 6.22. The summed E-state index contributed by atoms with van der Waals surface area (Å²) in [6, 6.07) is 7.70. The number of methoxy groups -OCH3 is 1. The van der Waals surface area contributed by atoms with Gasteiger partial charge >= 0.3 is 0 Å². The third kappa shape index (κ3) is 3.12. The largest absolute Gasteiger partial charge is 0.473 e. The molecule has 2 aromatic heterocycles. The fourth-order valence-corrected chi connectivity index (χ4v) is 4.06. The topological polar surface area (TPSA) is 103 Å². The van der Waals surface area contributed by atoms with E-state index in [1.54, 1.807) is 7.11 Å². The summed E-state index contributed by atoms with van der Waals surface area (Å²) in [5, 5.41) is 5.65. The molecular weight excluding hydrogens is 362 g/mol.